The van der Waals surface area contributed by atoms with Crippen molar-refractivity contribution in [3.05, 3.63) is 0 Å². The van der Waals surface area contributed by atoms with Crippen molar-refractivity contribution < 1.29 is 24.6 Å². The SMILES string of the molecule is CC(=O)N[C@@H](C[C@H]1C[C@@H]1C(=O)O)C(=O)O. The Labute approximate surface area is 86.3 Å². The molecule has 6 nitrogen and oxygen atoms in total. The maximum atomic E-state index is 10.7. The number of aliphatic carboxylic acids is 2. The molecule has 0 spiro atoms. The number of amides is 1. The molecule has 1 aliphatic carbocycles. The van der Waals surface area contributed by atoms with E-state index in [0.717, 1.165) is 0 Å². The Morgan fingerprint density at radius 1 is 1.40 bits per heavy atom. The highest BCUT2D eigenvalue weighted by Gasteiger charge is 2.45. The second-order valence-electron chi connectivity index (χ2n) is 3.77. The summed E-state index contributed by atoms with van der Waals surface area (Å²) in [6.07, 6.45) is 0.685. The highest BCUT2D eigenvalue weighted by atomic mass is 16.4. The molecule has 3 atom stereocenters. The summed E-state index contributed by atoms with van der Waals surface area (Å²) in [4.78, 5) is 31.9. The number of nitrogens with one attached hydrogen (secondary N) is 1. The number of carbonyl (C=O) groups is 3. The van der Waals surface area contributed by atoms with Gasteiger partial charge in [0.1, 0.15) is 6.04 Å². The van der Waals surface area contributed by atoms with E-state index in [1.807, 2.05) is 0 Å². The normalized spacial score (nSPS) is 25.4. The Balaban J connectivity index is 2.43. The fourth-order valence-electron chi connectivity index (χ4n) is 1.58. The molecule has 1 fully saturated rings. The van der Waals surface area contributed by atoms with Gasteiger partial charge in [-0.25, -0.2) is 4.79 Å². The van der Waals surface area contributed by atoms with Crippen LogP contribution >= 0.6 is 0 Å². The maximum Gasteiger partial charge on any atom is 0.326 e. The van der Waals surface area contributed by atoms with Gasteiger partial charge in [0.2, 0.25) is 5.91 Å². The molecule has 1 saturated carbocycles. The molecule has 0 bridgehead atoms. The van der Waals surface area contributed by atoms with Crippen molar-refractivity contribution in [1.82, 2.24) is 5.32 Å². The first-order chi connectivity index (χ1) is 6.91. The van der Waals surface area contributed by atoms with E-state index in [9.17, 15) is 14.4 Å². The zero-order valence-electron chi connectivity index (χ0n) is 8.27. The molecule has 0 saturated heterocycles. The van der Waals surface area contributed by atoms with Gasteiger partial charge in [-0.1, -0.05) is 0 Å². The Hall–Kier alpha value is -1.59. The monoisotopic (exact) mass is 215 g/mol. The number of hydrogen-bond acceptors (Lipinski definition) is 3. The molecule has 6 heteroatoms. The molecule has 0 aromatic rings. The Morgan fingerprint density at radius 3 is 2.33 bits per heavy atom. The molecule has 15 heavy (non-hydrogen) atoms. The zero-order valence-corrected chi connectivity index (χ0v) is 8.27. The summed E-state index contributed by atoms with van der Waals surface area (Å²) in [5.41, 5.74) is 0. The zero-order chi connectivity index (χ0) is 11.6. The molecule has 0 aliphatic heterocycles. The van der Waals surface area contributed by atoms with E-state index >= 15 is 0 Å². The summed E-state index contributed by atoms with van der Waals surface area (Å²) < 4.78 is 0. The second-order valence-corrected chi connectivity index (χ2v) is 3.77. The van der Waals surface area contributed by atoms with Crippen molar-refractivity contribution in [3.8, 4) is 0 Å². The molecular weight excluding hydrogens is 202 g/mol. The van der Waals surface area contributed by atoms with Crippen LogP contribution in [-0.2, 0) is 14.4 Å². The van der Waals surface area contributed by atoms with Gasteiger partial charge in [0.05, 0.1) is 5.92 Å². The molecule has 0 aromatic carbocycles. The first-order valence-electron chi connectivity index (χ1n) is 4.64. The molecule has 0 unspecified atom stereocenters. The van der Waals surface area contributed by atoms with Crippen LogP contribution in [0.25, 0.3) is 0 Å². The van der Waals surface area contributed by atoms with Crippen LogP contribution in [0.5, 0.6) is 0 Å². The Bertz CT molecular complexity index is 301. The summed E-state index contributed by atoms with van der Waals surface area (Å²) in [7, 11) is 0. The number of carboxylic acid groups (broad SMARTS) is 2. The number of carboxylic acids is 2. The smallest absolute Gasteiger partial charge is 0.326 e. The van der Waals surface area contributed by atoms with Crippen molar-refractivity contribution in [3.63, 3.8) is 0 Å². The number of rotatable bonds is 5. The minimum atomic E-state index is -1.12. The van der Waals surface area contributed by atoms with Gasteiger partial charge in [-0.2, -0.15) is 0 Å². The van der Waals surface area contributed by atoms with Crippen LogP contribution in [-0.4, -0.2) is 34.1 Å². The molecule has 1 aliphatic rings. The van der Waals surface area contributed by atoms with Gasteiger partial charge < -0.3 is 15.5 Å². The van der Waals surface area contributed by atoms with E-state index in [-0.39, 0.29) is 12.3 Å². The van der Waals surface area contributed by atoms with E-state index in [1.165, 1.54) is 6.92 Å². The lowest BCUT2D eigenvalue weighted by Crippen LogP contribution is -2.40. The lowest BCUT2D eigenvalue weighted by atomic mass is 10.1. The molecule has 0 heterocycles. The summed E-state index contributed by atoms with van der Waals surface area (Å²) in [5.74, 6) is -3.01. The van der Waals surface area contributed by atoms with Crippen molar-refractivity contribution in [1.29, 1.82) is 0 Å². The first-order valence-corrected chi connectivity index (χ1v) is 4.64. The van der Waals surface area contributed by atoms with Crippen molar-refractivity contribution in [2.45, 2.75) is 25.8 Å². The highest BCUT2D eigenvalue weighted by molar-refractivity contribution is 5.82. The van der Waals surface area contributed by atoms with Crippen LogP contribution in [0.3, 0.4) is 0 Å². The first kappa shape index (κ1) is 11.5. The lowest BCUT2D eigenvalue weighted by molar-refractivity contribution is -0.142. The lowest BCUT2D eigenvalue weighted by Gasteiger charge is -2.12. The average molecular weight is 215 g/mol. The summed E-state index contributed by atoms with van der Waals surface area (Å²) in [6, 6.07) is -0.975. The maximum absolute atomic E-state index is 10.7. The standard InChI is InChI=1S/C9H13NO5/c1-4(11)10-7(9(14)15)3-5-2-6(5)8(12)13/h5-7H,2-3H2,1H3,(H,10,11)(H,12,13)(H,14,15)/t5-,6+,7+/m1/s1. The third kappa shape index (κ3) is 3.23. The van der Waals surface area contributed by atoms with E-state index in [4.69, 9.17) is 10.2 Å². The third-order valence-corrected chi connectivity index (χ3v) is 2.45. The van der Waals surface area contributed by atoms with Crippen LogP contribution in [0.15, 0.2) is 0 Å². The second kappa shape index (κ2) is 4.29. The van der Waals surface area contributed by atoms with Crippen LogP contribution in [0, 0.1) is 11.8 Å². The largest absolute Gasteiger partial charge is 0.481 e. The van der Waals surface area contributed by atoms with E-state index < -0.39 is 29.8 Å². The topological polar surface area (TPSA) is 104 Å². The van der Waals surface area contributed by atoms with Crippen molar-refractivity contribution >= 4 is 17.8 Å². The predicted molar refractivity (Wildman–Crippen MR) is 49.1 cm³/mol. The quantitative estimate of drug-likeness (QED) is 0.583. The molecule has 1 rings (SSSR count). The Morgan fingerprint density at radius 2 is 2.00 bits per heavy atom. The van der Waals surface area contributed by atoms with Gasteiger partial charge in [0.15, 0.2) is 0 Å². The minimum Gasteiger partial charge on any atom is -0.481 e. The molecule has 3 N–H and O–H groups in total. The van der Waals surface area contributed by atoms with Gasteiger partial charge in [0, 0.05) is 6.92 Å². The number of carbonyl (C=O) groups excluding carboxylic acids is 1. The van der Waals surface area contributed by atoms with Crippen LogP contribution in [0.4, 0.5) is 0 Å². The molecule has 1 amide bonds. The van der Waals surface area contributed by atoms with Gasteiger partial charge in [0.25, 0.3) is 0 Å². The van der Waals surface area contributed by atoms with E-state index in [2.05, 4.69) is 5.32 Å². The summed E-state index contributed by atoms with van der Waals surface area (Å²) in [6.45, 7) is 1.23. The minimum absolute atomic E-state index is 0.129. The van der Waals surface area contributed by atoms with Gasteiger partial charge in [-0.15, -0.1) is 0 Å². The number of hydrogen-bond donors (Lipinski definition) is 3. The fraction of sp³-hybridized carbons (Fsp3) is 0.667. The van der Waals surface area contributed by atoms with Gasteiger partial charge >= 0.3 is 11.9 Å². The van der Waals surface area contributed by atoms with Crippen molar-refractivity contribution in [2.24, 2.45) is 11.8 Å². The third-order valence-electron chi connectivity index (χ3n) is 2.45. The van der Waals surface area contributed by atoms with Crippen molar-refractivity contribution in [2.75, 3.05) is 0 Å². The highest BCUT2D eigenvalue weighted by Crippen LogP contribution is 2.42. The van der Waals surface area contributed by atoms with Crippen LogP contribution < -0.4 is 5.32 Å². The molecule has 84 valence electrons. The molecule has 0 radical (unpaired) electrons. The Kier molecular flexibility index (Phi) is 3.28. The molecular formula is C9H13NO5. The predicted octanol–water partition coefficient (Wildman–Crippen LogP) is -0.313. The molecule has 0 aromatic heterocycles. The van der Waals surface area contributed by atoms with E-state index in [1.54, 1.807) is 0 Å². The average Bonchev–Trinajstić information content (AvgIpc) is 2.81. The summed E-state index contributed by atoms with van der Waals surface area (Å²) >= 11 is 0. The van der Waals surface area contributed by atoms with Gasteiger partial charge in [-0.3, -0.25) is 9.59 Å². The van der Waals surface area contributed by atoms with E-state index in [0.29, 0.717) is 6.42 Å². The summed E-state index contributed by atoms with van der Waals surface area (Å²) in [5, 5.41) is 19.7. The van der Waals surface area contributed by atoms with Crippen LogP contribution in [0.2, 0.25) is 0 Å². The van der Waals surface area contributed by atoms with Gasteiger partial charge in [-0.05, 0) is 18.8 Å². The van der Waals surface area contributed by atoms with Crippen LogP contribution in [0.1, 0.15) is 19.8 Å². The fourth-order valence-corrected chi connectivity index (χ4v) is 1.58.